The molecule has 0 radical (unpaired) electrons. The van der Waals surface area contributed by atoms with Crippen molar-refractivity contribution in [1.82, 2.24) is 19.5 Å². The van der Waals surface area contributed by atoms with Crippen molar-refractivity contribution in [3.8, 4) is 0 Å². The minimum Gasteiger partial charge on any atom is -0.384 e. The van der Waals surface area contributed by atoms with Gasteiger partial charge in [0.2, 0.25) is 15.9 Å². The average molecular weight is 389 g/mol. The molecule has 2 aromatic heterocycles. The molecule has 1 amide bonds. The number of nitrogens with zero attached hydrogens (tertiary/aromatic N) is 3. The van der Waals surface area contributed by atoms with E-state index in [2.05, 4.69) is 20.1 Å². The summed E-state index contributed by atoms with van der Waals surface area (Å²) in [7, 11) is -2.22. The minimum absolute atomic E-state index is 0. The van der Waals surface area contributed by atoms with Crippen LogP contribution >= 0.6 is 12.4 Å². The molecule has 0 aromatic carbocycles. The molecule has 0 fully saturated rings. The largest absolute Gasteiger partial charge is 0.384 e. The summed E-state index contributed by atoms with van der Waals surface area (Å²) in [5, 5.41) is 6.65. The summed E-state index contributed by atoms with van der Waals surface area (Å²) in [6, 6.07) is 2.13. The highest BCUT2D eigenvalue weighted by molar-refractivity contribution is 7.89. The van der Waals surface area contributed by atoms with E-state index in [4.69, 9.17) is 5.73 Å². The van der Waals surface area contributed by atoms with Gasteiger partial charge in [0, 0.05) is 7.05 Å². The molecule has 4 N–H and O–H groups in total. The summed E-state index contributed by atoms with van der Waals surface area (Å²) in [4.78, 5) is 16.1. The number of aryl methyl sites for hydroxylation is 2. The number of aromatic nitrogens is 3. The zero-order valence-electron chi connectivity index (χ0n) is 14.3. The van der Waals surface area contributed by atoms with Crippen LogP contribution in [0.15, 0.2) is 23.2 Å². The highest BCUT2D eigenvalue weighted by atomic mass is 35.5. The molecule has 0 aliphatic rings. The first kappa shape index (κ1) is 20.9. The Bertz CT molecular complexity index is 863. The van der Waals surface area contributed by atoms with E-state index in [0.29, 0.717) is 22.9 Å². The fourth-order valence-electron chi connectivity index (χ4n) is 2.22. The molecule has 11 heteroatoms. The Morgan fingerprint density at radius 3 is 2.44 bits per heavy atom. The molecule has 0 bridgehead atoms. The molecule has 1 atom stereocenters. The first-order valence-electron chi connectivity index (χ1n) is 7.16. The molecule has 1 unspecified atom stereocenters. The number of carbonyl (C=O) groups excluding carboxylic acids is 1. The number of halogens is 1. The normalized spacial score (nSPS) is 12.3. The van der Waals surface area contributed by atoms with Crippen LogP contribution < -0.4 is 15.8 Å². The third kappa shape index (κ3) is 4.68. The summed E-state index contributed by atoms with van der Waals surface area (Å²) < 4.78 is 28.9. The Balaban J connectivity index is 0.00000312. The molecule has 0 spiro atoms. The van der Waals surface area contributed by atoms with Crippen molar-refractivity contribution in [2.75, 3.05) is 11.1 Å². The molecule has 2 aromatic rings. The standard InChI is InChI=1S/C14H20N6O3S.ClH/c1-8-13(10(3)20(4)18-8)24(22,23)19-9(2)14(21)17-11-5-6-12(15)16-7-11;/h5-7,9,19H,1-4H3,(H2,15,16)(H,17,21);1H. The maximum atomic E-state index is 12.5. The molecule has 2 rings (SSSR count). The van der Waals surface area contributed by atoms with Crippen LogP contribution in [0.4, 0.5) is 11.5 Å². The third-order valence-corrected chi connectivity index (χ3v) is 5.28. The van der Waals surface area contributed by atoms with Gasteiger partial charge < -0.3 is 11.1 Å². The lowest BCUT2D eigenvalue weighted by atomic mass is 10.3. The Morgan fingerprint density at radius 2 is 1.96 bits per heavy atom. The van der Waals surface area contributed by atoms with Crippen LogP contribution in [0.2, 0.25) is 0 Å². The number of hydrogen-bond acceptors (Lipinski definition) is 6. The van der Waals surface area contributed by atoms with Crippen LogP contribution in [0.5, 0.6) is 0 Å². The van der Waals surface area contributed by atoms with Crippen molar-refractivity contribution in [2.45, 2.75) is 31.7 Å². The molecular formula is C14H21ClN6O3S. The van der Waals surface area contributed by atoms with Crippen molar-refractivity contribution in [1.29, 1.82) is 0 Å². The van der Waals surface area contributed by atoms with Crippen LogP contribution in [0.3, 0.4) is 0 Å². The van der Waals surface area contributed by atoms with E-state index in [1.807, 2.05) is 0 Å². The highest BCUT2D eigenvalue weighted by Crippen LogP contribution is 2.18. The second kappa shape index (κ2) is 7.81. The number of nitrogens with one attached hydrogen (secondary N) is 2. The maximum Gasteiger partial charge on any atom is 0.244 e. The van der Waals surface area contributed by atoms with Crippen LogP contribution in [-0.4, -0.2) is 35.1 Å². The van der Waals surface area contributed by atoms with E-state index in [-0.39, 0.29) is 17.3 Å². The number of sulfonamides is 1. The van der Waals surface area contributed by atoms with Gasteiger partial charge in [0.1, 0.15) is 10.7 Å². The number of nitrogens with two attached hydrogens (primary N) is 1. The summed E-state index contributed by atoms with van der Waals surface area (Å²) in [5.41, 5.74) is 6.77. The Labute approximate surface area is 152 Å². The van der Waals surface area contributed by atoms with Gasteiger partial charge in [0.25, 0.3) is 0 Å². The zero-order valence-corrected chi connectivity index (χ0v) is 15.9. The third-order valence-electron chi connectivity index (χ3n) is 3.49. The van der Waals surface area contributed by atoms with Gasteiger partial charge in [-0.3, -0.25) is 9.48 Å². The lowest BCUT2D eigenvalue weighted by Crippen LogP contribution is -2.41. The van der Waals surface area contributed by atoms with Crippen LogP contribution in [0, 0.1) is 13.8 Å². The average Bonchev–Trinajstić information content (AvgIpc) is 2.74. The SMILES string of the molecule is Cc1nn(C)c(C)c1S(=O)(=O)NC(C)C(=O)Nc1ccc(N)nc1.Cl. The van der Waals surface area contributed by atoms with E-state index in [1.165, 1.54) is 23.9 Å². The second-order valence-electron chi connectivity index (χ2n) is 5.43. The van der Waals surface area contributed by atoms with Gasteiger partial charge in [0.05, 0.1) is 29.3 Å². The first-order chi connectivity index (χ1) is 11.1. The van der Waals surface area contributed by atoms with E-state index in [9.17, 15) is 13.2 Å². The molecule has 25 heavy (non-hydrogen) atoms. The van der Waals surface area contributed by atoms with Gasteiger partial charge in [0.15, 0.2) is 0 Å². The molecule has 138 valence electrons. The zero-order chi connectivity index (χ0) is 18.1. The Morgan fingerprint density at radius 1 is 1.32 bits per heavy atom. The van der Waals surface area contributed by atoms with Crippen LogP contribution in [0.25, 0.3) is 0 Å². The van der Waals surface area contributed by atoms with Gasteiger partial charge in [-0.25, -0.2) is 13.4 Å². The maximum absolute atomic E-state index is 12.5. The summed E-state index contributed by atoms with van der Waals surface area (Å²) in [6.45, 7) is 4.71. The molecule has 0 saturated carbocycles. The van der Waals surface area contributed by atoms with Crippen molar-refractivity contribution in [3.63, 3.8) is 0 Å². The number of anilines is 2. The first-order valence-corrected chi connectivity index (χ1v) is 8.65. The van der Waals surface area contributed by atoms with Crippen molar-refractivity contribution < 1.29 is 13.2 Å². The van der Waals surface area contributed by atoms with Gasteiger partial charge in [-0.15, -0.1) is 12.4 Å². The lowest BCUT2D eigenvalue weighted by Gasteiger charge is -2.14. The van der Waals surface area contributed by atoms with Crippen LogP contribution in [0.1, 0.15) is 18.3 Å². The molecule has 2 heterocycles. The Kier molecular flexibility index (Phi) is 6.52. The summed E-state index contributed by atoms with van der Waals surface area (Å²) >= 11 is 0. The fraction of sp³-hybridized carbons (Fsp3) is 0.357. The van der Waals surface area contributed by atoms with Gasteiger partial charge in [-0.2, -0.15) is 9.82 Å². The van der Waals surface area contributed by atoms with E-state index in [1.54, 1.807) is 27.0 Å². The van der Waals surface area contributed by atoms with E-state index in [0.717, 1.165) is 0 Å². The minimum atomic E-state index is -3.87. The molecule has 0 aliphatic heterocycles. The van der Waals surface area contributed by atoms with Crippen molar-refractivity contribution in [2.24, 2.45) is 7.05 Å². The predicted octanol–water partition coefficient (Wildman–Crippen LogP) is 0.741. The fourth-order valence-corrected chi connectivity index (χ4v) is 3.86. The highest BCUT2D eigenvalue weighted by Gasteiger charge is 2.27. The molecule has 0 saturated heterocycles. The number of pyridine rings is 1. The number of amides is 1. The molecule has 0 aliphatic carbocycles. The van der Waals surface area contributed by atoms with Gasteiger partial charge in [-0.05, 0) is 32.9 Å². The van der Waals surface area contributed by atoms with E-state index >= 15 is 0 Å². The number of nitrogen functional groups attached to an aromatic ring is 1. The van der Waals surface area contributed by atoms with Crippen molar-refractivity contribution in [3.05, 3.63) is 29.7 Å². The summed E-state index contributed by atoms with van der Waals surface area (Å²) in [5.74, 6) is -0.186. The van der Waals surface area contributed by atoms with Crippen LogP contribution in [-0.2, 0) is 21.9 Å². The lowest BCUT2D eigenvalue weighted by molar-refractivity contribution is -0.117. The summed E-state index contributed by atoms with van der Waals surface area (Å²) in [6.07, 6.45) is 1.39. The van der Waals surface area contributed by atoms with Crippen molar-refractivity contribution >= 4 is 39.8 Å². The topological polar surface area (TPSA) is 132 Å². The number of rotatable bonds is 5. The van der Waals surface area contributed by atoms with E-state index < -0.39 is 22.0 Å². The van der Waals surface area contributed by atoms with Gasteiger partial charge >= 0.3 is 0 Å². The quantitative estimate of drug-likeness (QED) is 0.692. The molecule has 9 nitrogen and oxygen atoms in total. The second-order valence-corrected chi connectivity index (χ2v) is 7.08. The Hall–Kier alpha value is -2.17. The van der Waals surface area contributed by atoms with Gasteiger partial charge in [-0.1, -0.05) is 0 Å². The number of hydrogen-bond donors (Lipinski definition) is 3. The monoisotopic (exact) mass is 388 g/mol. The smallest absolute Gasteiger partial charge is 0.244 e. The number of carbonyl (C=O) groups is 1. The predicted molar refractivity (Wildman–Crippen MR) is 97.0 cm³/mol. The molecular weight excluding hydrogens is 368 g/mol.